The molecule has 0 fully saturated rings. The molecule has 3 rings (SSSR count). The third-order valence-corrected chi connectivity index (χ3v) is 3.97. The van der Waals surface area contributed by atoms with Crippen molar-refractivity contribution in [3.8, 4) is 11.5 Å². The topological polar surface area (TPSA) is 95.0 Å². The van der Waals surface area contributed by atoms with Crippen LogP contribution in [0.5, 0.6) is 11.5 Å². The molecule has 0 aliphatic heterocycles. The molecule has 0 aliphatic rings. The molecule has 0 unspecified atom stereocenters. The summed E-state index contributed by atoms with van der Waals surface area (Å²) >= 11 is 0. The summed E-state index contributed by atoms with van der Waals surface area (Å²) in [5, 5.41) is 10.9. The SMILES string of the molecule is COc1ccc(N(Cc2ccco2)C(=O)COc2cccc([N+](=O)[O-])c2)cc1. The molecule has 28 heavy (non-hydrogen) atoms. The summed E-state index contributed by atoms with van der Waals surface area (Å²) in [4.78, 5) is 24.7. The maximum atomic E-state index is 12.8. The molecular formula is C20H18N2O6. The molecule has 0 radical (unpaired) electrons. The largest absolute Gasteiger partial charge is 0.497 e. The number of anilines is 1. The Labute approximate surface area is 161 Å². The van der Waals surface area contributed by atoms with Crippen LogP contribution in [0.2, 0.25) is 0 Å². The van der Waals surface area contributed by atoms with Crippen molar-refractivity contribution in [3.63, 3.8) is 0 Å². The number of non-ortho nitro benzene ring substituents is 1. The zero-order valence-electron chi connectivity index (χ0n) is 15.1. The second-order valence-corrected chi connectivity index (χ2v) is 5.80. The summed E-state index contributed by atoms with van der Waals surface area (Å²) in [5.74, 6) is 1.20. The van der Waals surface area contributed by atoms with Crippen LogP contribution in [0.4, 0.5) is 11.4 Å². The average Bonchev–Trinajstić information content (AvgIpc) is 3.24. The lowest BCUT2D eigenvalue weighted by atomic mass is 10.2. The highest BCUT2D eigenvalue weighted by atomic mass is 16.6. The van der Waals surface area contributed by atoms with E-state index in [0.717, 1.165) is 0 Å². The summed E-state index contributed by atoms with van der Waals surface area (Å²) in [5.41, 5.74) is 0.539. The molecule has 3 aromatic rings. The van der Waals surface area contributed by atoms with Crippen molar-refractivity contribution in [2.24, 2.45) is 0 Å². The predicted octanol–water partition coefficient (Wildman–Crippen LogP) is 3.81. The number of methoxy groups -OCH3 is 1. The summed E-state index contributed by atoms with van der Waals surface area (Å²) in [6.07, 6.45) is 1.53. The van der Waals surface area contributed by atoms with E-state index in [1.165, 1.54) is 29.4 Å². The number of benzene rings is 2. The molecule has 8 heteroatoms. The fourth-order valence-electron chi connectivity index (χ4n) is 2.55. The van der Waals surface area contributed by atoms with Crippen molar-refractivity contribution in [1.29, 1.82) is 0 Å². The molecule has 0 bridgehead atoms. The van der Waals surface area contributed by atoms with Crippen LogP contribution in [0.25, 0.3) is 0 Å². The van der Waals surface area contributed by atoms with Crippen LogP contribution in [0.3, 0.4) is 0 Å². The van der Waals surface area contributed by atoms with Crippen LogP contribution in [-0.2, 0) is 11.3 Å². The minimum absolute atomic E-state index is 0.104. The number of hydrogen-bond donors (Lipinski definition) is 0. The van der Waals surface area contributed by atoms with Crippen LogP contribution < -0.4 is 14.4 Å². The number of rotatable bonds is 8. The fraction of sp³-hybridized carbons (Fsp3) is 0.150. The first-order valence-corrected chi connectivity index (χ1v) is 8.41. The highest BCUT2D eigenvalue weighted by Crippen LogP contribution is 2.23. The molecule has 0 atom stereocenters. The number of nitrogens with zero attached hydrogens (tertiary/aromatic N) is 2. The average molecular weight is 382 g/mol. The van der Waals surface area contributed by atoms with E-state index in [-0.39, 0.29) is 30.5 Å². The second kappa shape index (κ2) is 8.72. The maximum absolute atomic E-state index is 12.8. The molecule has 144 valence electrons. The van der Waals surface area contributed by atoms with Gasteiger partial charge in [-0.15, -0.1) is 0 Å². The lowest BCUT2D eigenvalue weighted by Gasteiger charge is -2.22. The van der Waals surface area contributed by atoms with Crippen LogP contribution in [0.15, 0.2) is 71.3 Å². The highest BCUT2D eigenvalue weighted by molar-refractivity contribution is 5.94. The normalized spacial score (nSPS) is 10.3. The highest BCUT2D eigenvalue weighted by Gasteiger charge is 2.19. The summed E-state index contributed by atoms with van der Waals surface area (Å²) in [6, 6.07) is 16.2. The Kier molecular flexibility index (Phi) is 5.91. The van der Waals surface area contributed by atoms with Gasteiger partial charge in [0, 0.05) is 11.8 Å². The van der Waals surface area contributed by atoms with Gasteiger partial charge in [-0.05, 0) is 42.5 Å². The van der Waals surface area contributed by atoms with Crippen molar-refractivity contribution in [2.45, 2.75) is 6.54 Å². The Hall–Kier alpha value is -3.81. The van der Waals surface area contributed by atoms with E-state index in [2.05, 4.69) is 0 Å². The number of ether oxygens (including phenoxy) is 2. The fourth-order valence-corrected chi connectivity index (χ4v) is 2.55. The number of furan rings is 1. The first-order valence-electron chi connectivity index (χ1n) is 8.41. The molecule has 8 nitrogen and oxygen atoms in total. The predicted molar refractivity (Wildman–Crippen MR) is 101 cm³/mol. The molecule has 0 N–H and O–H groups in total. The lowest BCUT2D eigenvalue weighted by Crippen LogP contribution is -2.34. The van der Waals surface area contributed by atoms with E-state index in [1.54, 1.807) is 49.6 Å². The van der Waals surface area contributed by atoms with Gasteiger partial charge < -0.3 is 18.8 Å². The zero-order valence-corrected chi connectivity index (χ0v) is 15.1. The van der Waals surface area contributed by atoms with Gasteiger partial charge in [0.15, 0.2) is 6.61 Å². The van der Waals surface area contributed by atoms with E-state index in [9.17, 15) is 14.9 Å². The molecule has 0 spiro atoms. The Morgan fingerprint density at radius 1 is 1.11 bits per heavy atom. The van der Waals surface area contributed by atoms with Gasteiger partial charge in [-0.3, -0.25) is 14.9 Å². The Balaban J connectivity index is 1.75. The van der Waals surface area contributed by atoms with E-state index < -0.39 is 4.92 Å². The molecule has 1 amide bonds. The molecule has 0 saturated heterocycles. The van der Waals surface area contributed by atoms with Gasteiger partial charge in [-0.2, -0.15) is 0 Å². The second-order valence-electron chi connectivity index (χ2n) is 5.80. The first-order chi connectivity index (χ1) is 13.6. The third-order valence-electron chi connectivity index (χ3n) is 3.97. The number of nitro benzene ring substituents is 1. The minimum Gasteiger partial charge on any atom is -0.497 e. The van der Waals surface area contributed by atoms with Gasteiger partial charge in [0.25, 0.3) is 11.6 Å². The monoisotopic (exact) mass is 382 g/mol. The van der Waals surface area contributed by atoms with Crippen molar-refractivity contribution in [2.75, 3.05) is 18.6 Å². The minimum atomic E-state index is -0.519. The molecule has 0 saturated carbocycles. The Bertz CT molecular complexity index is 938. The van der Waals surface area contributed by atoms with E-state index in [4.69, 9.17) is 13.9 Å². The maximum Gasteiger partial charge on any atom is 0.273 e. The molecular weight excluding hydrogens is 364 g/mol. The van der Waals surface area contributed by atoms with Gasteiger partial charge in [0.1, 0.15) is 17.3 Å². The van der Waals surface area contributed by atoms with Crippen LogP contribution in [0, 0.1) is 10.1 Å². The van der Waals surface area contributed by atoms with Gasteiger partial charge >= 0.3 is 0 Å². The zero-order chi connectivity index (χ0) is 19.9. The van der Waals surface area contributed by atoms with Crippen molar-refractivity contribution >= 4 is 17.3 Å². The van der Waals surface area contributed by atoms with Crippen molar-refractivity contribution < 1.29 is 23.6 Å². The van der Waals surface area contributed by atoms with Crippen LogP contribution in [0.1, 0.15) is 5.76 Å². The molecule has 2 aromatic carbocycles. The molecule has 1 heterocycles. The number of amides is 1. The summed E-state index contributed by atoms with van der Waals surface area (Å²) in [6.45, 7) is -0.0651. The standard InChI is InChI=1S/C20H18N2O6/c1-26-17-9-7-15(8-10-17)21(13-19-6-3-11-27-19)20(23)14-28-18-5-2-4-16(12-18)22(24)25/h2-12H,13-14H2,1H3. The lowest BCUT2D eigenvalue weighted by molar-refractivity contribution is -0.384. The van der Waals surface area contributed by atoms with Crippen LogP contribution in [-0.4, -0.2) is 24.5 Å². The van der Waals surface area contributed by atoms with E-state index in [1.807, 2.05) is 0 Å². The van der Waals surface area contributed by atoms with Crippen LogP contribution >= 0.6 is 0 Å². The summed E-state index contributed by atoms with van der Waals surface area (Å²) in [7, 11) is 1.56. The quantitative estimate of drug-likeness (QED) is 0.434. The number of carbonyl (C=O) groups excluding carboxylic acids is 1. The Morgan fingerprint density at radius 2 is 1.89 bits per heavy atom. The van der Waals surface area contributed by atoms with Gasteiger partial charge in [0.2, 0.25) is 0 Å². The number of nitro groups is 1. The molecule has 1 aromatic heterocycles. The number of hydrogen-bond acceptors (Lipinski definition) is 6. The summed E-state index contributed by atoms with van der Waals surface area (Å²) < 4.78 is 16.0. The third kappa shape index (κ3) is 4.67. The molecule has 0 aliphatic carbocycles. The Morgan fingerprint density at radius 3 is 2.54 bits per heavy atom. The van der Waals surface area contributed by atoms with Gasteiger partial charge in [-0.25, -0.2) is 0 Å². The van der Waals surface area contributed by atoms with Gasteiger partial charge in [-0.1, -0.05) is 6.07 Å². The number of carbonyl (C=O) groups is 1. The van der Waals surface area contributed by atoms with Gasteiger partial charge in [0.05, 0.1) is 30.9 Å². The van der Waals surface area contributed by atoms with E-state index in [0.29, 0.717) is 17.2 Å². The van der Waals surface area contributed by atoms with E-state index >= 15 is 0 Å². The van der Waals surface area contributed by atoms with Crippen molar-refractivity contribution in [3.05, 3.63) is 82.8 Å². The van der Waals surface area contributed by atoms with Crippen molar-refractivity contribution in [1.82, 2.24) is 0 Å². The smallest absolute Gasteiger partial charge is 0.273 e. The first kappa shape index (κ1) is 19.0.